The number of hydrogen-bond acceptors (Lipinski definition) is 5. The molecule has 0 saturated heterocycles. The van der Waals surface area contributed by atoms with Gasteiger partial charge in [-0.15, -0.1) is 11.3 Å². The Hall–Kier alpha value is -0.820. The minimum absolute atomic E-state index is 0.00726. The maximum absolute atomic E-state index is 10.7. The van der Waals surface area contributed by atoms with Gasteiger partial charge < -0.3 is 5.11 Å². The molecule has 8 heteroatoms. The minimum atomic E-state index is -0.849. The van der Waals surface area contributed by atoms with Crippen molar-refractivity contribution in [1.82, 2.24) is 9.97 Å². The molecule has 0 aliphatic rings. The van der Waals surface area contributed by atoms with Crippen molar-refractivity contribution >= 4 is 52.3 Å². The van der Waals surface area contributed by atoms with Crippen LogP contribution in [0.3, 0.4) is 0 Å². The van der Waals surface area contributed by atoms with Crippen LogP contribution >= 0.6 is 46.3 Å². The summed E-state index contributed by atoms with van der Waals surface area (Å²) in [7, 11) is 0. The van der Waals surface area contributed by atoms with E-state index in [1.54, 1.807) is 12.3 Å². The summed E-state index contributed by atoms with van der Waals surface area (Å²) in [6.07, 6.45) is 1.64. The zero-order chi connectivity index (χ0) is 14.7. The second-order valence-corrected chi connectivity index (χ2v) is 7.05. The van der Waals surface area contributed by atoms with Crippen molar-refractivity contribution in [3.63, 3.8) is 0 Å². The Morgan fingerprint density at radius 2 is 2.25 bits per heavy atom. The number of aliphatic carboxylic acids is 1. The molecule has 4 nitrogen and oxygen atoms in total. The normalized spacial score (nSPS) is 10.8. The number of carbonyl (C=O) groups is 1. The van der Waals surface area contributed by atoms with Crippen molar-refractivity contribution in [3.05, 3.63) is 38.6 Å². The van der Waals surface area contributed by atoms with E-state index in [-0.39, 0.29) is 6.42 Å². The van der Waals surface area contributed by atoms with E-state index in [0.717, 1.165) is 20.5 Å². The first-order chi connectivity index (χ1) is 9.45. The van der Waals surface area contributed by atoms with Crippen LogP contribution in [0.25, 0.3) is 0 Å². The molecule has 0 atom stereocenters. The molecule has 2 aromatic heterocycles. The fraction of sp³-hybridized carbons (Fsp3) is 0.250. The Bertz CT molecular complexity index is 646. The van der Waals surface area contributed by atoms with Gasteiger partial charge in [-0.25, -0.2) is 9.97 Å². The second-order valence-electron chi connectivity index (χ2n) is 3.95. The Kier molecular flexibility index (Phi) is 5.26. The smallest absolute Gasteiger partial charge is 0.308 e. The highest BCUT2D eigenvalue weighted by molar-refractivity contribution is 8.00. The molecule has 2 rings (SSSR count). The van der Waals surface area contributed by atoms with Crippen LogP contribution in [-0.4, -0.2) is 21.0 Å². The molecule has 0 saturated carbocycles. The summed E-state index contributed by atoms with van der Waals surface area (Å²) in [5, 5.41) is 9.73. The Morgan fingerprint density at radius 3 is 2.90 bits per heavy atom. The molecule has 0 fully saturated rings. The van der Waals surface area contributed by atoms with Crippen LogP contribution < -0.4 is 0 Å². The molecule has 0 spiro atoms. The fourth-order valence-corrected chi connectivity index (χ4v) is 4.16. The molecule has 0 amide bonds. The van der Waals surface area contributed by atoms with Crippen LogP contribution in [0.4, 0.5) is 0 Å². The Labute approximate surface area is 134 Å². The molecule has 0 aliphatic carbocycles. The molecule has 1 N–H and O–H groups in total. The second kappa shape index (κ2) is 6.76. The largest absolute Gasteiger partial charge is 0.481 e. The van der Waals surface area contributed by atoms with Gasteiger partial charge in [-0.3, -0.25) is 4.79 Å². The fourth-order valence-electron chi connectivity index (χ4n) is 1.45. The SMILES string of the molecule is Cc1nc(SCc2cnc(Cl)cc2Cl)sc1CC(=O)O. The maximum Gasteiger partial charge on any atom is 0.308 e. The summed E-state index contributed by atoms with van der Waals surface area (Å²) in [4.78, 5) is 19.8. The number of rotatable bonds is 5. The molecular weight excluding hydrogens is 339 g/mol. The highest BCUT2D eigenvalue weighted by Gasteiger charge is 2.12. The zero-order valence-electron chi connectivity index (χ0n) is 10.4. The molecule has 20 heavy (non-hydrogen) atoms. The number of carboxylic acids is 1. The van der Waals surface area contributed by atoms with Gasteiger partial charge >= 0.3 is 5.97 Å². The molecule has 2 heterocycles. The predicted octanol–water partition coefficient (Wildman–Crippen LogP) is 4.07. The number of pyridine rings is 1. The first kappa shape index (κ1) is 15.6. The predicted molar refractivity (Wildman–Crippen MR) is 82.0 cm³/mol. The Balaban J connectivity index is 2.05. The lowest BCUT2D eigenvalue weighted by atomic mass is 10.3. The molecule has 0 aromatic carbocycles. The van der Waals surface area contributed by atoms with E-state index in [2.05, 4.69) is 9.97 Å². The number of halogens is 2. The number of hydrogen-bond donors (Lipinski definition) is 1. The zero-order valence-corrected chi connectivity index (χ0v) is 13.5. The van der Waals surface area contributed by atoms with Crippen LogP contribution in [-0.2, 0) is 17.0 Å². The van der Waals surface area contributed by atoms with Gasteiger partial charge in [0, 0.05) is 21.8 Å². The molecule has 0 aliphatic heterocycles. The minimum Gasteiger partial charge on any atom is -0.481 e. The highest BCUT2D eigenvalue weighted by Crippen LogP contribution is 2.32. The van der Waals surface area contributed by atoms with Crippen molar-refractivity contribution in [2.24, 2.45) is 0 Å². The number of aryl methyl sites for hydroxylation is 1. The van der Waals surface area contributed by atoms with Gasteiger partial charge in [0.1, 0.15) is 5.15 Å². The summed E-state index contributed by atoms with van der Waals surface area (Å²) in [6.45, 7) is 1.82. The Morgan fingerprint density at radius 1 is 1.50 bits per heavy atom. The summed E-state index contributed by atoms with van der Waals surface area (Å²) in [5.41, 5.74) is 1.63. The summed E-state index contributed by atoms with van der Waals surface area (Å²) in [6, 6.07) is 1.60. The van der Waals surface area contributed by atoms with Gasteiger partial charge in [-0.05, 0) is 18.6 Å². The van der Waals surface area contributed by atoms with E-state index in [4.69, 9.17) is 28.3 Å². The summed E-state index contributed by atoms with van der Waals surface area (Å²) < 4.78 is 0.824. The van der Waals surface area contributed by atoms with Crippen molar-refractivity contribution in [2.45, 2.75) is 23.4 Å². The van der Waals surface area contributed by atoms with Crippen molar-refractivity contribution in [2.75, 3.05) is 0 Å². The average Bonchev–Trinajstić information content (AvgIpc) is 2.68. The van der Waals surface area contributed by atoms with Crippen LogP contribution in [0.15, 0.2) is 16.6 Å². The summed E-state index contributed by atoms with van der Waals surface area (Å²) in [5.74, 6) is -0.235. The van der Waals surface area contributed by atoms with E-state index in [1.165, 1.54) is 23.1 Å². The van der Waals surface area contributed by atoms with Gasteiger partial charge in [0.05, 0.1) is 12.1 Å². The first-order valence-electron chi connectivity index (χ1n) is 5.56. The number of carboxylic acid groups (broad SMARTS) is 1. The van der Waals surface area contributed by atoms with Crippen LogP contribution in [0.1, 0.15) is 16.1 Å². The average molecular weight is 349 g/mol. The van der Waals surface area contributed by atoms with Gasteiger partial charge in [0.25, 0.3) is 0 Å². The monoisotopic (exact) mass is 348 g/mol. The molecule has 2 aromatic rings. The lowest BCUT2D eigenvalue weighted by molar-refractivity contribution is -0.136. The number of thiazole rings is 1. The van der Waals surface area contributed by atoms with Gasteiger partial charge in [-0.1, -0.05) is 35.0 Å². The van der Waals surface area contributed by atoms with Crippen LogP contribution in [0.5, 0.6) is 0 Å². The molecule has 0 radical (unpaired) electrons. The number of thioether (sulfide) groups is 1. The van der Waals surface area contributed by atoms with E-state index >= 15 is 0 Å². The van der Waals surface area contributed by atoms with Crippen molar-refractivity contribution in [3.8, 4) is 0 Å². The third kappa shape index (κ3) is 4.09. The van der Waals surface area contributed by atoms with E-state index in [0.29, 0.717) is 15.9 Å². The molecule has 0 bridgehead atoms. The van der Waals surface area contributed by atoms with Crippen molar-refractivity contribution < 1.29 is 9.90 Å². The third-order valence-corrected chi connectivity index (χ3v) is 5.34. The van der Waals surface area contributed by atoms with Gasteiger partial charge in [0.15, 0.2) is 4.34 Å². The molecule has 0 unspecified atom stereocenters. The topological polar surface area (TPSA) is 63.1 Å². The third-order valence-electron chi connectivity index (χ3n) is 2.43. The first-order valence-corrected chi connectivity index (χ1v) is 8.12. The molecule has 106 valence electrons. The lowest BCUT2D eigenvalue weighted by Crippen LogP contribution is -1.99. The highest BCUT2D eigenvalue weighted by atomic mass is 35.5. The van der Waals surface area contributed by atoms with Crippen LogP contribution in [0.2, 0.25) is 10.2 Å². The summed E-state index contributed by atoms with van der Waals surface area (Å²) >= 11 is 14.7. The maximum atomic E-state index is 10.7. The van der Waals surface area contributed by atoms with Crippen molar-refractivity contribution in [1.29, 1.82) is 0 Å². The van der Waals surface area contributed by atoms with E-state index < -0.39 is 5.97 Å². The van der Waals surface area contributed by atoms with E-state index in [1.807, 2.05) is 6.92 Å². The molecular formula is C12H10Cl2N2O2S2. The number of nitrogens with zero attached hydrogens (tertiary/aromatic N) is 2. The number of aromatic nitrogens is 2. The standard InChI is InChI=1S/C12H10Cl2N2O2S2/c1-6-9(3-11(17)18)20-12(16-6)19-5-7-4-15-10(14)2-8(7)13/h2,4H,3,5H2,1H3,(H,17,18). The van der Waals surface area contributed by atoms with Crippen LogP contribution in [0, 0.1) is 6.92 Å². The van der Waals surface area contributed by atoms with Gasteiger partial charge in [-0.2, -0.15) is 0 Å². The van der Waals surface area contributed by atoms with Gasteiger partial charge in [0.2, 0.25) is 0 Å². The quantitative estimate of drug-likeness (QED) is 0.651. The lowest BCUT2D eigenvalue weighted by Gasteiger charge is -2.01. The van der Waals surface area contributed by atoms with E-state index in [9.17, 15) is 4.79 Å².